The molecule has 78 valence electrons. The summed E-state index contributed by atoms with van der Waals surface area (Å²) in [5, 5.41) is 8.77. The lowest BCUT2D eigenvalue weighted by Crippen LogP contribution is -2.21. The van der Waals surface area contributed by atoms with Crippen molar-refractivity contribution in [3.8, 4) is 0 Å². The largest absolute Gasteiger partial charge is 0.395 e. The molecule has 0 aliphatic carbocycles. The fourth-order valence-electron chi connectivity index (χ4n) is 1.32. The number of aliphatic hydroxyl groups excluding tert-OH is 1. The molecular weight excluding hydrogens is 242 g/mol. The van der Waals surface area contributed by atoms with Crippen LogP contribution in [0, 0.1) is 6.92 Å². The summed E-state index contributed by atoms with van der Waals surface area (Å²) in [5.41, 5.74) is 2.51. The predicted octanol–water partition coefficient (Wildman–Crippen LogP) is 2.18. The van der Waals surface area contributed by atoms with Crippen molar-refractivity contribution in [1.29, 1.82) is 0 Å². The van der Waals surface area contributed by atoms with Gasteiger partial charge in [-0.25, -0.2) is 0 Å². The Kier molecular flexibility index (Phi) is 4.58. The Morgan fingerprint density at radius 2 is 2.14 bits per heavy atom. The summed E-state index contributed by atoms with van der Waals surface area (Å²) in [7, 11) is 2.00. The van der Waals surface area contributed by atoms with Crippen molar-refractivity contribution in [2.45, 2.75) is 13.5 Å². The van der Waals surface area contributed by atoms with Gasteiger partial charge in [-0.2, -0.15) is 0 Å². The molecule has 0 saturated heterocycles. The van der Waals surface area contributed by atoms with Crippen LogP contribution in [-0.4, -0.2) is 30.2 Å². The van der Waals surface area contributed by atoms with Gasteiger partial charge in [0, 0.05) is 17.6 Å². The Bertz CT molecular complexity index is 301. The van der Waals surface area contributed by atoms with Crippen LogP contribution in [0.15, 0.2) is 22.7 Å². The van der Waals surface area contributed by atoms with Crippen LogP contribution in [-0.2, 0) is 6.54 Å². The molecule has 0 aliphatic rings. The molecule has 1 aromatic carbocycles. The fraction of sp³-hybridized carbons (Fsp3) is 0.455. The van der Waals surface area contributed by atoms with Crippen LogP contribution in [0.2, 0.25) is 0 Å². The van der Waals surface area contributed by atoms with Gasteiger partial charge in [-0.05, 0) is 31.2 Å². The van der Waals surface area contributed by atoms with E-state index in [4.69, 9.17) is 5.11 Å². The molecule has 14 heavy (non-hydrogen) atoms. The second-order valence-corrected chi connectivity index (χ2v) is 4.41. The lowest BCUT2D eigenvalue weighted by atomic mass is 10.1. The molecule has 1 aromatic rings. The summed E-state index contributed by atoms with van der Waals surface area (Å²) in [6.07, 6.45) is 0. The standard InChI is InChI=1S/C11H16BrNO/c1-9-3-4-10(11(12)7-9)8-13(2)5-6-14/h3-4,7,14H,5-6,8H2,1-2H3. The van der Waals surface area contributed by atoms with Crippen molar-refractivity contribution < 1.29 is 5.11 Å². The minimum Gasteiger partial charge on any atom is -0.395 e. The second kappa shape index (κ2) is 5.49. The van der Waals surface area contributed by atoms with E-state index in [0.29, 0.717) is 6.54 Å². The molecule has 0 saturated carbocycles. The van der Waals surface area contributed by atoms with Crippen molar-refractivity contribution in [2.75, 3.05) is 20.2 Å². The van der Waals surface area contributed by atoms with Gasteiger partial charge in [0.05, 0.1) is 6.61 Å². The van der Waals surface area contributed by atoms with E-state index in [9.17, 15) is 0 Å². The molecule has 0 atom stereocenters. The minimum atomic E-state index is 0.208. The third kappa shape index (κ3) is 3.40. The van der Waals surface area contributed by atoms with E-state index in [1.54, 1.807) is 0 Å². The summed E-state index contributed by atoms with van der Waals surface area (Å²) < 4.78 is 1.14. The molecular formula is C11H16BrNO. The molecule has 0 aliphatic heterocycles. The molecule has 0 radical (unpaired) electrons. The minimum absolute atomic E-state index is 0.208. The van der Waals surface area contributed by atoms with E-state index in [2.05, 4.69) is 46.0 Å². The van der Waals surface area contributed by atoms with E-state index in [-0.39, 0.29) is 6.61 Å². The van der Waals surface area contributed by atoms with Crippen LogP contribution in [0.1, 0.15) is 11.1 Å². The van der Waals surface area contributed by atoms with Gasteiger partial charge in [-0.1, -0.05) is 28.1 Å². The van der Waals surface area contributed by atoms with Crippen LogP contribution in [0.3, 0.4) is 0 Å². The first-order chi connectivity index (χ1) is 6.63. The molecule has 0 fully saturated rings. The van der Waals surface area contributed by atoms with Crippen LogP contribution in [0.25, 0.3) is 0 Å². The monoisotopic (exact) mass is 257 g/mol. The molecule has 0 heterocycles. The van der Waals surface area contributed by atoms with Crippen LogP contribution in [0.4, 0.5) is 0 Å². The molecule has 0 bridgehead atoms. The maximum Gasteiger partial charge on any atom is 0.0558 e. The maximum atomic E-state index is 8.77. The lowest BCUT2D eigenvalue weighted by Gasteiger charge is -2.16. The number of halogens is 1. The van der Waals surface area contributed by atoms with Gasteiger partial charge in [0.1, 0.15) is 0 Å². The number of rotatable bonds is 4. The molecule has 0 amide bonds. The predicted molar refractivity (Wildman–Crippen MR) is 62.3 cm³/mol. The highest BCUT2D eigenvalue weighted by Crippen LogP contribution is 2.19. The number of aryl methyl sites for hydroxylation is 1. The van der Waals surface area contributed by atoms with Gasteiger partial charge in [-0.15, -0.1) is 0 Å². The number of likely N-dealkylation sites (N-methyl/N-ethyl adjacent to an activating group) is 1. The van der Waals surface area contributed by atoms with E-state index in [0.717, 1.165) is 11.0 Å². The molecule has 3 heteroatoms. The Labute approximate surface area is 93.7 Å². The normalized spacial score (nSPS) is 10.9. The van der Waals surface area contributed by atoms with Crippen LogP contribution < -0.4 is 0 Å². The first-order valence-electron chi connectivity index (χ1n) is 4.68. The highest BCUT2D eigenvalue weighted by molar-refractivity contribution is 9.10. The highest BCUT2D eigenvalue weighted by atomic mass is 79.9. The highest BCUT2D eigenvalue weighted by Gasteiger charge is 2.03. The number of benzene rings is 1. The summed E-state index contributed by atoms with van der Waals surface area (Å²) in [6, 6.07) is 6.34. The topological polar surface area (TPSA) is 23.5 Å². The van der Waals surface area contributed by atoms with Gasteiger partial charge >= 0.3 is 0 Å². The van der Waals surface area contributed by atoms with Crippen molar-refractivity contribution in [2.24, 2.45) is 0 Å². The van der Waals surface area contributed by atoms with Crippen molar-refractivity contribution in [3.63, 3.8) is 0 Å². The second-order valence-electron chi connectivity index (χ2n) is 3.56. The molecule has 0 aromatic heterocycles. The lowest BCUT2D eigenvalue weighted by molar-refractivity contribution is 0.217. The Morgan fingerprint density at radius 1 is 1.43 bits per heavy atom. The van der Waals surface area contributed by atoms with Gasteiger partial charge < -0.3 is 5.11 Å². The van der Waals surface area contributed by atoms with Crippen molar-refractivity contribution in [3.05, 3.63) is 33.8 Å². The fourth-order valence-corrected chi connectivity index (χ4v) is 1.94. The number of nitrogens with zero attached hydrogens (tertiary/aromatic N) is 1. The molecule has 0 spiro atoms. The zero-order valence-corrected chi connectivity index (χ0v) is 10.2. The summed E-state index contributed by atoms with van der Waals surface area (Å²) in [5.74, 6) is 0. The van der Waals surface area contributed by atoms with Gasteiger partial charge in [0.15, 0.2) is 0 Å². The average Bonchev–Trinajstić information content (AvgIpc) is 2.10. The van der Waals surface area contributed by atoms with Crippen molar-refractivity contribution in [1.82, 2.24) is 4.90 Å². The zero-order chi connectivity index (χ0) is 10.6. The van der Waals surface area contributed by atoms with E-state index in [1.165, 1.54) is 11.1 Å². The smallest absolute Gasteiger partial charge is 0.0558 e. The molecule has 1 rings (SSSR count). The Morgan fingerprint density at radius 3 is 2.71 bits per heavy atom. The van der Waals surface area contributed by atoms with E-state index < -0.39 is 0 Å². The van der Waals surface area contributed by atoms with Crippen LogP contribution >= 0.6 is 15.9 Å². The average molecular weight is 258 g/mol. The Hall–Kier alpha value is -0.380. The zero-order valence-electron chi connectivity index (χ0n) is 8.63. The summed E-state index contributed by atoms with van der Waals surface area (Å²) in [4.78, 5) is 2.09. The summed E-state index contributed by atoms with van der Waals surface area (Å²) >= 11 is 3.54. The number of hydrogen-bond donors (Lipinski definition) is 1. The van der Waals surface area contributed by atoms with Crippen LogP contribution in [0.5, 0.6) is 0 Å². The first-order valence-corrected chi connectivity index (χ1v) is 5.47. The quantitative estimate of drug-likeness (QED) is 0.894. The third-order valence-electron chi connectivity index (χ3n) is 2.13. The molecule has 2 nitrogen and oxygen atoms in total. The molecule has 0 unspecified atom stereocenters. The van der Waals surface area contributed by atoms with E-state index >= 15 is 0 Å². The molecule has 1 N–H and O–H groups in total. The maximum absolute atomic E-state index is 8.77. The number of hydrogen-bond acceptors (Lipinski definition) is 2. The SMILES string of the molecule is Cc1ccc(CN(C)CCO)c(Br)c1. The van der Waals surface area contributed by atoms with E-state index in [1.807, 2.05) is 7.05 Å². The summed E-state index contributed by atoms with van der Waals surface area (Å²) in [6.45, 7) is 3.85. The number of aliphatic hydroxyl groups is 1. The van der Waals surface area contributed by atoms with Gasteiger partial charge in [-0.3, -0.25) is 4.90 Å². The third-order valence-corrected chi connectivity index (χ3v) is 2.87. The van der Waals surface area contributed by atoms with Crippen molar-refractivity contribution >= 4 is 15.9 Å². The Balaban J connectivity index is 2.67. The van der Waals surface area contributed by atoms with Gasteiger partial charge in [0.2, 0.25) is 0 Å². The van der Waals surface area contributed by atoms with Gasteiger partial charge in [0.25, 0.3) is 0 Å². The first kappa shape index (κ1) is 11.7.